The molecule has 0 saturated heterocycles. The molecular formula is C19H24N2O4. The van der Waals surface area contributed by atoms with Crippen LogP contribution in [-0.2, 0) is 19.1 Å². The molecule has 2 rings (SSSR count). The number of carbonyl (C=O) groups is 2. The summed E-state index contributed by atoms with van der Waals surface area (Å²) in [6.45, 7) is 3.41. The zero-order valence-corrected chi connectivity index (χ0v) is 14.5. The van der Waals surface area contributed by atoms with Crippen molar-refractivity contribution in [3.8, 4) is 24.7 Å². The molecule has 1 fully saturated rings. The van der Waals surface area contributed by atoms with Crippen molar-refractivity contribution < 1.29 is 19.1 Å². The van der Waals surface area contributed by atoms with Gasteiger partial charge < -0.3 is 9.47 Å². The molecule has 6 heteroatoms. The number of rotatable bonds is 8. The number of terminal acetylenes is 2. The Morgan fingerprint density at radius 2 is 1.40 bits per heavy atom. The molecule has 134 valence electrons. The van der Waals surface area contributed by atoms with Crippen LogP contribution in [0.15, 0.2) is 12.2 Å². The topological polar surface area (TPSA) is 76.7 Å². The van der Waals surface area contributed by atoms with E-state index < -0.39 is 12.1 Å². The first-order valence-corrected chi connectivity index (χ1v) is 8.38. The summed E-state index contributed by atoms with van der Waals surface area (Å²) in [5.74, 6) is 4.40. The lowest BCUT2D eigenvalue weighted by atomic mass is 9.94. The average Bonchev–Trinajstić information content (AvgIpc) is 3.20. The highest BCUT2D eigenvalue weighted by molar-refractivity contribution is 5.76. The van der Waals surface area contributed by atoms with Crippen LogP contribution in [0.5, 0.6) is 0 Å². The molecule has 0 unspecified atom stereocenters. The van der Waals surface area contributed by atoms with Crippen molar-refractivity contribution in [2.24, 2.45) is 11.8 Å². The van der Waals surface area contributed by atoms with Crippen molar-refractivity contribution in [1.82, 2.24) is 10.6 Å². The maximum atomic E-state index is 11.9. The molecule has 0 aliphatic heterocycles. The molecule has 2 aliphatic rings. The van der Waals surface area contributed by atoms with Crippen LogP contribution in [0.2, 0.25) is 0 Å². The number of hydrogen-bond donors (Lipinski definition) is 2. The van der Waals surface area contributed by atoms with Crippen LogP contribution in [0.3, 0.4) is 0 Å². The van der Waals surface area contributed by atoms with Gasteiger partial charge in [-0.2, -0.15) is 0 Å². The predicted octanol–water partition coefficient (Wildman–Crippen LogP) is 0.239. The summed E-state index contributed by atoms with van der Waals surface area (Å²) in [7, 11) is 0. The van der Waals surface area contributed by atoms with Crippen molar-refractivity contribution in [2.75, 3.05) is 13.2 Å². The van der Waals surface area contributed by atoms with Crippen molar-refractivity contribution in [3.05, 3.63) is 12.2 Å². The highest BCUT2D eigenvalue weighted by Crippen LogP contribution is 2.39. The summed E-state index contributed by atoms with van der Waals surface area (Å²) < 4.78 is 9.95. The van der Waals surface area contributed by atoms with E-state index in [9.17, 15) is 9.59 Å². The van der Waals surface area contributed by atoms with E-state index in [1.807, 2.05) is 0 Å². The molecule has 0 radical (unpaired) electrons. The van der Waals surface area contributed by atoms with Gasteiger partial charge in [-0.05, 0) is 32.1 Å². The van der Waals surface area contributed by atoms with Gasteiger partial charge in [-0.3, -0.25) is 20.2 Å². The molecule has 2 N–H and O–H groups in total. The molecule has 1 saturated carbocycles. The first-order chi connectivity index (χ1) is 12.0. The van der Waals surface area contributed by atoms with E-state index in [1.54, 1.807) is 13.8 Å². The molecule has 6 nitrogen and oxygen atoms in total. The lowest BCUT2D eigenvalue weighted by Gasteiger charge is -2.33. The Bertz CT molecular complexity index is 564. The third-order valence-corrected chi connectivity index (χ3v) is 4.65. The Balaban J connectivity index is 1.96. The Morgan fingerprint density at radius 1 is 1.00 bits per heavy atom. The average molecular weight is 344 g/mol. The first kappa shape index (κ1) is 19.1. The second kappa shape index (κ2) is 8.71. The van der Waals surface area contributed by atoms with Crippen LogP contribution in [-0.4, -0.2) is 49.3 Å². The van der Waals surface area contributed by atoms with Gasteiger partial charge in [0.2, 0.25) is 0 Å². The highest BCUT2D eigenvalue weighted by atomic mass is 16.5. The zero-order valence-electron chi connectivity index (χ0n) is 14.5. The highest BCUT2D eigenvalue weighted by Gasteiger charge is 2.46. The van der Waals surface area contributed by atoms with Crippen molar-refractivity contribution >= 4 is 11.9 Å². The number of esters is 2. The quantitative estimate of drug-likeness (QED) is 0.373. The second-order valence-electron chi connectivity index (χ2n) is 6.40. The summed E-state index contributed by atoms with van der Waals surface area (Å²) in [5.41, 5.74) is 0. The predicted molar refractivity (Wildman–Crippen MR) is 93.1 cm³/mol. The Labute approximate surface area is 148 Å². The summed E-state index contributed by atoms with van der Waals surface area (Å²) >= 11 is 0. The fourth-order valence-corrected chi connectivity index (χ4v) is 3.47. The minimum absolute atomic E-state index is 0.0197. The number of ether oxygens (including phenoxy) is 2. The fourth-order valence-electron chi connectivity index (χ4n) is 3.47. The number of carbonyl (C=O) groups excluding carboxylic acids is 2. The molecule has 0 aromatic rings. The lowest BCUT2D eigenvalue weighted by molar-refractivity contribution is -0.146. The largest absolute Gasteiger partial charge is 0.451 e. The van der Waals surface area contributed by atoms with E-state index in [4.69, 9.17) is 22.3 Å². The third kappa shape index (κ3) is 4.63. The molecule has 2 bridgehead atoms. The zero-order chi connectivity index (χ0) is 18.4. The van der Waals surface area contributed by atoms with Gasteiger partial charge in [0.1, 0.15) is 12.1 Å². The van der Waals surface area contributed by atoms with Crippen molar-refractivity contribution in [3.63, 3.8) is 0 Å². The second-order valence-corrected chi connectivity index (χ2v) is 6.40. The maximum Gasteiger partial charge on any atom is 0.323 e. The van der Waals surface area contributed by atoms with E-state index in [0.29, 0.717) is 11.8 Å². The molecule has 0 aromatic carbocycles. The Morgan fingerprint density at radius 3 is 1.76 bits per heavy atom. The van der Waals surface area contributed by atoms with Gasteiger partial charge in [-0.25, -0.2) is 0 Å². The standard InChI is InChI=1S/C19H24N2O4/c1-5-9-24-18(22)12(3)20-16-14-7-8-15(11-14)17(16)21-13(4)19(23)25-10-6-2/h1-2,7-8,12-17,20-21H,9-11H2,3-4H3/t12-,13-,14-,15+,16-,17+/m0/s1. The third-order valence-electron chi connectivity index (χ3n) is 4.65. The smallest absolute Gasteiger partial charge is 0.323 e. The molecular weight excluding hydrogens is 320 g/mol. The monoisotopic (exact) mass is 344 g/mol. The lowest BCUT2D eigenvalue weighted by Crippen LogP contribution is -2.57. The number of nitrogens with one attached hydrogen (secondary N) is 2. The summed E-state index contributed by atoms with van der Waals surface area (Å²) in [4.78, 5) is 23.9. The van der Waals surface area contributed by atoms with E-state index >= 15 is 0 Å². The minimum Gasteiger partial charge on any atom is -0.451 e. The molecule has 25 heavy (non-hydrogen) atoms. The van der Waals surface area contributed by atoms with Crippen LogP contribution in [0.25, 0.3) is 0 Å². The molecule has 6 atom stereocenters. The van der Waals surface area contributed by atoms with Crippen molar-refractivity contribution in [1.29, 1.82) is 0 Å². The van der Waals surface area contributed by atoms with Gasteiger partial charge in [0.15, 0.2) is 13.2 Å². The molecule has 0 aromatic heterocycles. The molecule has 0 spiro atoms. The fraction of sp³-hybridized carbons (Fsp3) is 0.579. The summed E-state index contributed by atoms with van der Waals surface area (Å²) in [5, 5.41) is 6.63. The van der Waals surface area contributed by atoms with Crippen molar-refractivity contribution in [2.45, 2.75) is 44.4 Å². The van der Waals surface area contributed by atoms with Gasteiger partial charge in [0, 0.05) is 12.1 Å². The normalized spacial score (nSPS) is 28.6. The van der Waals surface area contributed by atoms with Crippen LogP contribution in [0.4, 0.5) is 0 Å². The first-order valence-electron chi connectivity index (χ1n) is 8.38. The van der Waals surface area contributed by atoms with Crippen LogP contribution < -0.4 is 10.6 Å². The maximum absolute atomic E-state index is 11.9. The molecule has 0 amide bonds. The van der Waals surface area contributed by atoms with E-state index in [2.05, 4.69) is 34.6 Å². The van der Waals surface area contributed by atoms with Gasteiger partial charge in [-0.15, -0.1) is 12.8 Å². The number of fused-ring (bicyclic) bond motifs is 2. The summed E-state index contributed by atoms with van der Waals surface area (Å²) in [6.07, 6.45) is 15.5. The van der Waals surface area contributed by atoms with Gasteiger partial charge in [0.05, 0.1) is 0 Å². The van der Waals surface area contributed by atoms with Gasteiger partial charge >= 0.3 is 11.9 Å². The number of hydrogen-bond acceptors (Lipinski definition) is 6. The summed E-state index contributed by atoms with van der Waals surface area (Å²) in [6, 6.07) is -0.935. The van der Waals surface area contributed by atoms with E-state index in [-0.39, 0.29) is 37.2 Å². The molecule has 2 aliphatic carbocycles. The van der Waals surface area contributed by atoms with Crippen LogP contribution in [0, 0.1) is 36.5 Å². The van der Waals surface area contributed by atoms with Gasteiger partial charge in [-0.1, -0.05) is 24.0 Å². The molecule has 0 heterocycles. The minimum atomic E-state index is -0.487. The Hall–Kier alpha value is -2.28. The Kier molecular flexibility index (Phi) is 6.64. The SMILES string of the molecule is C#CCOC(=O)[C@H](C)N[C@@H]1[C@H](N[C@@H](C)C(=O)OCC#C)[C@@H]2C=C[C@H]1C2. The van der Waals surface area contributed by atoms with Crippen LogP contribution in [0.1, 0.15) is 20.3 Å². The van der Waals surface area contributed by atoms with Crippen LogP contribution >= 0.6 is 0 Å². The van der Waals surface area contributed by atoms with E-state index in [0.717, 1.165) is 6.42 Å². The van der Waals surface area contributed by atoms with Gasteiger partial charge in [0.25, 0.3) is 0 Å². The van der Waals surface area contributed by atoms with E-state index in [1.165, 1.54) is 0 Å².